The van der Waals surface area contributed by atoms with Crippen LogP contribution in [0, 0.1) is 5.82 Å². The summed E-state index contributed by atoms with van der Waals surface area (Å²) in [5, 5.41) is 5.76. The second kappa shape index (κ2) is 16.6. The second-order valence-electron chi connectivity index (χ2n) is 11.7. The van der Waals surface area contributed by atoms with Crippen molar-refractivity contribution in [3.63, 3.8) is 0 Å². The minimum atomic E-state index is -0.258. The van der Waals surface area contributed by atoms with Crippen LogP contribution in [0.25, 0.3) is 0 Å². The number of benzene rings is 5. The lowest BCUT2D eigenvalue weighted by atomic mass is 9.88. The Labute approximate surface area is 285 Å². The summed E-state index contributed by atoms with van der Waals surface area (Å²) in [5.74, 6) is 0.560. The molecule has 1 amide bonds. The van der Waals surface area contributed by atoms with E-state index in [9.17, 15) is 9.18 Å². The summed E-state index contributed by atoms with van der Waals surface area (Å²) in [7, 11) is 0. The molecule has 0 aliphatic heterocycles. The Bertz CT molecular complexity index is 1810. The molecule has 0 saturated carbocycles. The molecular formula is C41H38FN3O2S. The SMILES string of the molecule is O=C(NCCC(c1ccccc1)c1ccccc1)c1csc(CN(Cc2ccc(F)cc2)Cc2ccc(OCc3ccccc3)cc2)n1. The predicted molar refractivity (Wildman–Crippen MR) is 190 cm³/mol. The van der Waals surface area contributed by atoms with E-state index in [1.807, 2.05) is 72.1 Å². The van der Waals surface area contributed by atoms with Crippen molar-refractivity contribution in [2.24, 2.45) is 0 Å². The smallest absolute Gasteiger partial charge is 0.270 e. The fourth-order valence-corrected chi connectivity index (χ4v) is 6.52. The quantitative estimate of drug-likeness (QED) is 0.120. The highest BCUT2D eigenvalue weighted by Crippen LogP contribution is 2.27. The van der Waals surface area contributed by atoms with Crippen molar-refractivity contribution in [2.75, 3.05) is 6.54 Å². The van der Waals surface area contributed by atoms with Crippen molar-refractivity contribution >= 4 is 17.2 Å². The molecule has 242 valence electrons. The second-order valence-corrected chi connectivity index (χ2v) is 12.7. The number of amides is 1. The van der Waals surface area contributed by atoms with Crippen LogP contribution in [0.2, 0.25) is 0 Å². The fourth-order valence-electron chi connectivity index (χ4n) is 5.70. The first-order valence-electron chi connectivity index (χ1n) is 16.1. The molecule has 1 N–H and O–H groups in total. The molecule has 6 rings (SSSR count). The van der Waals surface area contributed by atoms with Crippen LogP contribution in [0.1, 0.15) is 55.7 Å². The average Bonchev–Trinajstić information content (AvgIpc) is 3.60. The third-order valence-electron chi connectivity index (χ3n) is 8.16. The molecule has 1 aromatic heterocycles. The van der Waals surface area contributed by atoms with Gasteiger partial charge in [-0.05, 0) is 58.5 Å². The summed E-state index contributed by atoms with van der Waals surface area (Å²) < 4.78 is 19.6. The van der Waals surface area contributed by atoms with Gasteiger partial charge in [0.15, 0.2) is 0 Å². The zero-order valence-electron chi connectivity index (χ0n) is 26.7. The molecule has 7 heteroatoms. The van der Waals surface area contributed by atoms with Gasteiger partial charge in [-0.3, -0.25) is 9.69 Å². The van der Waals surface area contributed by atoms with Gasteiger partial charge in [0.25, 0.3) is 5.91 Å². The van der Waals surface area contributed by atoms with Gasteiger partial charge in [-0.25, -0.2) is 9.37 Å². The van der Waals surface area contributed by atoms with Crippen LogP contribution in [0.4, 0.5) is 4.39 Å². The van der Waals surface area contributed by atoms with E-state index in [2.05, 4.69) is 70.9 Å². The number of aromatic nitrogens is 1. The maximum absolute atomic E-state index is 13.6. The zero-order chi connectivity index (χ0) is 33.0. The Morgan fingerprint density at radius 3 is 1.88 bits per heavy atom. The molecule has 0 atom stereocenters. The van der Waals surface area contributed by atoms with Gasteiger partial charge >= 0.3 is 0 Å². The van der Waals surface area contributed by atoms with Gasteiger partial charge in [0.05, 0.1) is 6.54 Å². The monoisotopic (exact) mass is 655 g/mol. The number of hydrogen-bond donors (Lipinski definition) is 1. The van der Waals surface area contributed by atoms with Crippen molar-refractivity contribution < 1.29 is 13.9 Å². The largest absolute Gasteiger partial charge is 0.489 e. The molecule has 1 heterocycles. The lowest BCUT2D eigenvalue weighted by Crippen LogP contribution is -2.26. The first-order valence-corrected chi connectivity index (χ1v) is 17.0. The van der Waals surface area contributed by atoms with E-state index in [0.29, 0.717) is 38.5 Å². The zero-order valence-corrected chi connectivity index (χ0v) is 27.5. The molecule has 5 nitrogen and oxygen atoms in total. The number of ether oxygens (including phenoxy) is 1. The van der Waals surface area contributed by atoms with E-state index in [0.717, 1.165) is 33.9 Å². The number of nitrogens with zero attached hydrogens (tertiary/aromatic N) is 2. The van der Waals surface area contributed by atoms with Gasteiger partial charge in [0.2, 0.25) is 0 Å². The van der Waals surface area contributed by atoms with Gasteiger partial charge in [-0.2, -0.15) is 0 Å². The highest BCUT2D eigenvalue weighted by molar-refractivity contribution is 7.09. The lowest BCUT2D eigenvalue weighted by molar-refractivity contribution is 0.0948. The van der Waals surface area contributed by atoms with Crippen LogP contribution in [0.15, 0.2) is 145 Å². The fraction of sp³-hybridized carbons (Fsp3) is 0.171. The first kappa shape index (κ1) is 32.8. The molecule has 0 fully saturated rings. The Morgan fingerprint density at radius 1 is 0.708 bits per heavy atom. The van der Waals surface area contributed by atoms with Crippen molar-refractivity contribution in [1.29, 1.82) is 0 Å². The molecule has 5 aromatic carbocycles. The Balaban J connectivity index is 1.08. The normalized spacial score (nSPS) is 11.1. The molecule has 0 saturated heterocycles. The minimum Gasteiger partial charge on any atom is -0.489 e. The predicted octanol–water partition coefficient (Wildman–Crippen LogP) is 9.02. The van der Waals surface area contributed by atoms with Crippen LogP contribution >= 0.6 is 11.3 Å². The summed E-state index contributed by atoms with van der Waals surface area (Å²) in [5.41, 5.74) is 6.11. The Hall–Kier alpha value is -5.11. The molecule has 0 unspecified atom stereocenters. The number of thiazole rings is 1. The molecule has 0 aliphatic carbocycles. The van der Waals surface area contributed by atoms with Crippen molar-refractivity contribution in [3.05, 3.63) is 189 Å². The highest BCUT2D eigenvalue weighted by Gasteiger charge is 2.17. The first-order chi connectivity index (χ1) is 23.6. The summed E-state index contributed by atoms with van der Waals surface area (Å²) in [6.45, 7) is 2.84. The van der Waals surface area contributed by atoms with E-state index in [-0.39, 0.29) is 17.6 Å². The number of carbonyl (C=O) groups is 1. The third kappa shape index (κ3) is 9.47. The molecule has 0 aliphatic rings. The molecule has 0 bridgehead atoms. The Kier molecular flexibility index (Phi) is 11.4. The highest BCUT2D eigenvalue weighted by atomic mass is 32.1. The number of halogens is 1. The number of hydrogen-bond acceptors (Lipinski definition) is 5. The molecular weight excluding hydrogens is 618 g/mol. The third-order valence-corrected chi connectivity index (χ3v) is 9.00. The van der Waals surface area contributed by atoms with E-state index >= 15 is 0 Å². The van der Waals surface area contributed by atoms with Gasteiger partial charge in [-0.15, -0.1) is 11.3 Å². The molecule has 6 aromatic rings. The van der Waals surface area contributed by atoms with E-state index < -0.39 is 0 Å². The van der Waals surface area contributed by atoms with Gasteiger partial charge in [0, 0.05) is 30.9 Å². The molecule has 0 radical (unpaired) electrons. The van der Waals surface area contributed by atoms with Crippen LogP contribution in [0.3, 0.4) is 0 Å². The van der Waals surface area contributed by atoms with Crippen molar-refractivity contribution in [3.8, 4) is 5.75 Å². The summed E-state index contributed by atoms with van der Waals surface area (Å²) in [6, 6.07) is 45.6. The average molecular weight is 656 g/mol. The minimum absolute atomic E-state index is 0.173. The van der Waals surface area contributed by atoms with Gasteiger partial charge < -0.3 is 10.1 Å². The standard InChI is InChI=1S/C41H38FN3O2S/c42-36-20-16-31(17-21-36)26-45(27-32-18-22-37(23-19-32)47-29-33-10-4-1-5-11-33)28-40-44-39(30-48-40)41(46)43-25-24-38(34-12-6-2-7-13-34)35-14-8-3-9-15-35/h1-23,30,38H,24-29H2,(H,43,46). The maximum Gasteiger partial charge on any atom is 0.270 e. The number of nitrogens with one attached hydrogen (secondary N) is 1. The summed E-state index contributed by atoms with van der Waals surface area (Å²) in [4.78, 5) is 20.1. The number of rotatable bonds is 15. The summed E-state index contributed by atoms with van der Waals surface area (Å²) in [6.07, 6.45) is 0.776. The van der Waals surface area contributed by atoms with Gasteiger partial charge in [0.1, 0.15) is 28.9 Å². The molecule has 48 heavy (non-hydrogen) atoms. The molecule has 0 spiro atoms. The van der Waals surface area contributed by atoms with E-state index in [4.69, 9.17) is 9.72 Å². The van der Waals surface area contributed by atoms with Crippen LogP contribution in [0.5, 0.6) is 5.75 Å². The van der Waals surface area contributed by atoms with Crippen LogP contribution in [-0.4, -0.2) is 22.3 Å². The van der Waals surface area contributed by atoms with Crippen molar-refractivity contribution in [2.45, 2.75) is 38.6 Å². The van der Waals surface area contributed by atoms with Gasteiger partial charge in [-0.1, -0.05) is 115 Å². The van der Waals surface area contributed by atoms with Crippen LogP contribution in [-0.2, 0) is 26.2 Å². The van der Waals surface area contributed by atoms with E-state index in [1.54, 1.807) is 0 Å². The van der Waals surface area contributed by atoms with E-state index in [1.165, 1.54) is 34.6 Å². The van der Waals surface area contributed by atoms with Crippen molar-refractivity contribution in [1.82, 2.24) is 15.2 Å². The van der Waals surface area contributed by atoms with Crippen LogP contribution < -0.4 is 10.1 Å². The lowest BCUT2D eigenvalue weighted by Gasteiger charge is -2.22. The Morgan fingerprint density at radius 2 is 1.27 bits per heavy atom. The summed E-state index contributed by atoms with van der Waals surface area (Å²) >= 11 is 1.48. The topological polar surface area (TPSA) is 54.5 Å². The maximum atomic E-state index is 13.6. The number of carbonyl (C=O) groups excluding carboxylic acids is 1.